The highest BCUT2D eigenvalue weighted by atomic mass is 79.9. The van der Waals surface area contributed by atoms with Gasteiger partial charge in [-0.1, -0.05) is 0 Å². The molecule has 19 heavy (non-hydrogen) atoms. The SMILES string of the molecule is CCNc1ncccc1C(=O)Nc1ccc(Br)cn1. The molecule has 98 valence electrons. The van der Waals surface area contributed by atoms with Crippen molar-refractivity contribution in [3.63, 3.8) is 0 Å². The van der Waals surface area contributed by atoms with Gasteiger partial charge in [-0.2, -0.15) is 0 Å². The number of anilines is 2. The summed E-state index contributed by atoms with van der Waals surface area (Å²) in [6, 6.07) is 6.99. The first-order valence-electron chi connectivity index (χ1n) is 5.82. The third-order valence-electron chi connectivity index (χ3n) is 2.37. The standard InChI is InChI=1S/C13H13BrN4O/c1-2-15-12-10(4-3-7-16-12)13(19)18-11-6-5-9(14)8-17-11/h3-8H,2H2,1H3,(H,15,16)(H,17,18,19). The van der Waals surface area contributed by atoms with Crippen LogP contribution in [0.1, 0.15) is 17.3 Å². The van der Waals surface area contributed by atoms with Crippen molar-refractivity contribution in [1.82, 2.24) is 9.97 Å². The number of hydrogen-bond donors (Lipinski definition) is 2. The lowest BCUT2D eigenvalue weighted by atomic mass is 10.2. The summed E-state index contributed by atoms with van der Waals surface area (Å²) >= 11 is 3.29. The average molecular weight is 321 g/mol. The highest BCUT2D eigenvalue weighted by molar-refractivity contribution is 9.10. The quantitative estimate of drug-likeness (QED) is 0.909. The summed E-state index contributed by atoms with van der Waals surface area (Å²) in [5.41, 5.74) is 0.495. The van der Waals surface area contributed by atoms with Crippen LogP contribution in [0.2, 0.25) is 0 Å². The fraction of sp³-hybridized carbons (Fsp3) is 0.154. The van der Waals surface area contributed by atoms with Gasteiger partial charge in [-0.25, -0.2) is 9.97 Å². The van der Waals surface area contributed by atoms with Gasteiger partial charge in [-0.15, -0.1) is 0 Å². The van der Waals surface area contributed by atoms with E-state index in [9.17, 15) is 4.79 Å². The maximum Gasteiger partial charge on any atom is 0.260 e. The molecule has 2 N–H and O–H groups in total. The van der Waals surface area contributed by atoms with E-state index in [1.807, 2.05) is 13.0 Å². The second kappa shape index (κ2) is 6.29. The molecule has 6 heteroatoms. The molecule has 2 aromatic rings. The molecule has 0 aliphatic heterocycles. The fourth-order valence-corrected chi connectivity index (χ4v) is 1.76. The van der Waals surface area contributed by atoms with Crippen molar-refractivity contribution < 1.29 is 4.79 Å². The second-order valence-electron chi connectivity index (χ2n) is 3.75. The lowest BCUT2D eigenvalue weighted by molar-refractivity contribution is 0.102. The van der Waals surface area contributed by atoms with Gasteiger partial charge in [0.05, 0.1) is 5.56 Å². The molecule has 0 aromatic carbocycles. The van der Waals surface area contributed by atoms with E-state index in [0.717, 1.165) is 4.47 Å². The monoisotopic (exact) mass is 320 g/mol. The Morgan fingerprint density at radius 2 is 2.16 bits per heavy atom. The molecule has 0 aliphatic rings. The number of halogens is 1. The zero-order valence-electron chi connectivity index (χ0n) is 10.4. The molecular formula is C13H13BrN4O. The van der Waals surface area contributed by atoms with E-state index in [0.29, 0.717) is 23.7 Å². The van der Waals surface area contributed by atoms with Crippen LogP contribution in [-0.4, -0.2) is 22.4 Å². The summed E-state index contributed by atoms with van der Waals surface area (Å²) in [7, 11) is 0. The Balaban J connectivity index is 2.18. The molecule has 0 aliphatic carbocycles. The van der Waals surface area contributed by atoms with Crippen molar-refractivity contribution in [2.45, 2.75) is 6.92 Å². The lowest BCUT2D eigenvalue weighted by Gasteiger charge is -2.09. The topological polar surface area (TPSA) is 66.9 Å². The molecule has 5 nitrogen and oxygen atoms in total. The molecule has 2 heterocycles. The molecule has 0 spiro atoms. The van der Waals surface area contributed by atoms with Crippen LogP contribution in [0, 0.1) is 0 Å². The number of nitrogens with one attached hydrogen (secondary N) is 2. The Hall–Kier alpha value is -1.95. The van der Waals surface area contributed by atoms with Crippen LogP contribution in [0.4, 0.5) is 11.6 Å². The number of carbonyl (C=O) groups is 1. The molecular weight excluding hydrogens is 308 g/mol. The summed E-state index contributed by atoms with van der Waals surface area (Å²) in [4.78, 5) is 20.4. The lowest BCUT2D eigenvalue weighted by Crippen LogP contribution is -2.16. The van der Waals surface area contributed by atoms with Crippen LogP contribution in [0.5, 0.6) is 0 Å². The highest BCUT2D eigenvalue weighted by Crippen LogP contribution is 2.15. The van der Waals surface area contributed by atoms with Crippen molar-refractivity contribution in [3.05, 3.63) is 46.7 Å². The number of nitrogens with zero attached hydrogens (tertiary/aromatic N) is 2. The summed E-state index contributed by atoms with van der Waals surface area (Å²) in [5, 5.41) is 5.79. The minimum absolute atomic E-state index is 0.237. The molecule has 1 amide bonds. The Morgan fingerprint density at radius 1 is 1.32 bits per heavy atom. The summed E-state index contributed by atoms with van der Waals surface area (Å²) in [5.74, 6) is 0.831. The molecule has 0 radical (unpaired) electrons. The molecule has 0 fully saturated rings. The van der Waals surface area contributed by atoms with E-state index >= 15 is 0 Å². The van der Waals surface area contributed by atoms with Crippen LogP contribution in [0.15, 0.2) is 41.1 Å². The number of pyridine rings is 2. The Morgan fingerprint density at radius 3 is 2.84 bits per heavy atom. The Bertz CT molecular complexity index is 571. The minimum atomic E-state index is -0.237. The normalized spacial score (nSPS) is 10.0. The molecule has 0 saturated heterocycles. The molecule has 0 bridgehead atoms. The first-order chi connectivity index (χ1) is 9.20. The van der Waals surface area contributed by atoms with E-state index in [-0.39, 0.29) is 5.91 Å². The van der Waals surface area contributed by atoms with Crippen LogP contribution in [0.25, 0.3) is 0 Å². The number of hydrogen-bond acceptors (Lipinski definition) is 4. The second-order valence-corrected chi connectivity index (χ2v) is 4.66. The number of carbonyl (C=O) groups excluding carboxylic acids is 1. The maximum absolute atomic E-state index is 12.2. The van der Waals surface area contributed by atoms with Crippen molar-refractivity contribution in [1.29, 1.82) is 0 Å². The largest absolute Gasteiger partial charge is 0.370 e. The molecule has 0 atom stereocenters. The van der Waals surface area contributed by atoms with E-state index in [4.69, 9.17) is 0 Å². The third-order valence-corrected chi connectivity index (χ3v) is 2.83. The maximum atomic E-state index is 12.2. The van der Waals surface area contributed by atoms with Crippen LogP contribution in [-0.2, 0) is 0 Å². The molecule has 2 rings (SSSR count). The summed E-state index contributed by atoms with van der Waals surface area (Å²) < 4.78 is 0.861. The molecule has 0 saturated carbocycles. The van der Waals surface area contributed by atoms with Gasteiger partial charge in [-0.05, 0) is 47.1 Å². The highest BCUT2D eigenvalue weighted by Gasteiger charge is 2.12. The molecule has 2 aromatic heterocycles. The van der Waals surface area contributed by atoms with Crippen molar-refractivity contribution in [2.75, 3.05) is 17.2 Å². The Kier molecular flexibility index (Phi) is 4.46. The number of amides is 1. The number of aromatic nitrogens is 2. The predicted octanol–water partition coefficient (Wildman–Crippen LogP) is 2.92. The smallest absolute Gasteiger partial charge is 0.260 e. The number of rotatable bonds is 4. The minimum Gasteiger partial charge on any atom is -0.370 e. The van der Waals surface area contributed by atoms with Gasteiger partial charge in [-0.3, -0.25) is 4.79 Å². The fourth-order valence-electron chi connectivity index (χ4n) is 1.53. The summed E-state index contributed by atoms with van der Waals surface area (Å²) in [6.45, 7) is 2.65. The van der Waals surface area contributed by atoms with E-state index < -0.39 is 0 Å². The van der Waals surface area contributed by atoms with Crippen molar-refractivity contribution >= 4 is 33.5 Å². The van der Waals surface area contributed by atoms with Gasteiger partial charge in [0, 0.05) is 23.4 Å². The van der Waals surface area contributed by atoms with Gasteiger partial charge in [0.25, 0.3) is 5.91 Å². The summed E-state index contributed by atoms with van der Waals surface area (Å²) in [6.07, 6.45) is 3.27. The van der Waals surface area contributed by atoms with Crippen LogP contribution < -0.4 is 10.6 Å². The molecule has 0 unspecified atom stereocenters. The third kappa shape index (κ3) is 3.51. The van der Waals surface area contributed by atoms with E-state index in [1.165, 1.54) is 0 Å². The Labute approximate surface area is 119 Å². The predicted molar refractivity (Wildman–Crippen MR) is 78.3 cm³/mol. The van der Waals surface area contributed by atoms with Gasteiger partial charge in [0.1, 0.15) is 11.6 Å². The van der Waals surface area contributed by atoms with Crippen LogP contribution >= 0.6 is 15.9 Å². The van der Waals surface area contributed by atoms with Gasteiger partial charge in [0.2, 0.25) is 0 Å². The van der Waals surface area contributed by atoms with Crippen molar-refractivity contribution in [3.8, 4) is 0 Å². The first-order valence-corrected chi connectivity index (χ1v) is 6.62. The zero-order valence-corrected chi connectivity index (χ0v) is 11.9. The van der Waals surface area contributed by atoms with Gasteiger partial charge in [0.15, 0.2) is 0 Å². The average Bonchev–Trinajstić information content (AvgIpc) is 2.42. The van der Waals surface area contributed by atoms with E-state index in [1.54, 1.807) is 30.6 Å². The van der Waals surface area contributed by atoms with Gasteiger partial charge >= 0.3 is 0 Å². The van der Waals surface area contributed by atoms with E-state index in [2.05, 4.69) is 36.5 Å². The zero-order chi connectivity index (χ0) is 13.7. The van der Waals surface area contributed by atoms with Crippen LogP contribution in [0.3, 0.4) is 0 Å². The first kappa shape index (κ1) is 13.5. The van der Waals surface area contributed by atoms with Gasteiger partial charge < -0.3 is 10.6 Å². The van der Waals surface area contributed by atoms with Crippen molar-refractivity contribution in [2.24, 2.45) is 0 Å².